The molecule has 0 bridgehead atoms. The van der Waals surface area contributed by atoms with Crippen LogP contribution < -0.4 is 0 Å². The molecule has 0 radical (unpaired) electrons. The second-order valence-corrected chi connectivity index (χ2v) is 10.2. The molecule has 1 aliphatic rings. The lowest BCUT2D eigenvalue weighted by molar-refractivity contribution is 1.15. The zero-order chi connectivity index (χ0) is 28.1. The number of nitrogens with zero attached hydrogens (tertiary/aromatic N) is 5. The SMILES string of the molecule is Cc1ccc(-n2c3ccccc3c3ccccc32)cc1.Cc1ccc2c3c(cccc13)-c1nc(C#N)c(C#N)nc1-2. The molecule has 0 spiro atoms. The van der Waals surface area contributed by atoms with Gasteiger partial charge in [0.1, 0.15) is 12.1 Å². The van der Waals surface area contributed by atoms with E-state index in [2.05, 4.69) is 107 Å². The summed E-state index contributed by atoms with van der Waals surface area (Å²) in [7, 11) is 0. The highest BCUT2D eigenvalue weighted by Crippen LogP contribution is 2.46. The van der Waals surface area contributed by atoms with Gasteiger partial charge in [0, 0.05) is 33.0 Å². The number of nitriles is 2. The van der Waals surface area contributed by atoms with E-state index >= 15 is 0 Å². The molecular formula is C36H23N5. The number of para-hydroxylation sites is 2. The topological polar surface area (TPSA) is 78.3 Å². The Bertz CT molecular complexity index is 2140. The minimum absolute atomic E-state index is 0.0813. The Morgan fingerprint density at radius 3 is 1.68 bits per heavy atom. The van der Waals surface area contributed by atoms with Crippen molar-refractivity contribution in [2.75, 3.05) is 0 Å². The summed E-state index contributed by atoms with van der Waals surface area (Å²) in [6, 6.07) is 39.9. The van der Waals surface area contributed by atoms with Gasteiger partial charge in [-0.15, -0.1) is 0 Å². The van der Waals surface area contributed by atoms with Crippen molar-refractivity contribution in [3.8, 4) is 40.3 Å². The summed E-state index contributed by atoms with van der Waals surface area (Å²) in [4.78, 5) is 8.73. The lowest BCUT2D eigenvalue weighted by Gasteiger charge is -2.07. The summed E-state index contributed by atoms with van der Waals surface area (Å²) in [5.74, 6) is 0. The van der Waals surface area contributed by atoms with Gasteiger partial charge in [0.2, 0.25) is 0 Å². The van der Waals surface area contributed by atoms with Crippen LogP contribution in [0.15, 0.2) is 103 Å². The summed E-state index contributed by atoms with van der Waals surface area (Å²) < 4.78 is 2.34. The van der Waals surface area contributed by atoms with Crippen LogP contribution >= 0.6 is 0 Å². The summed E-state index contributed by atoms with van der Waals surface area (Å²) in [6.45, 7) is 4.18. The number of rotatable bonds is 1. The van der Waals surface area contributed by atoms with Gasteiger partial charge in [0.15, 0.2) is 11.4 Å². The van der Waals surface area contributed by atoms with Crippen molar-refractivity contribution >= 4 is 32.6 Å². The van der Waals surface area contributed by atoms with E-state index < -0.39 is 0 Å². The first-order chi connectivity index (χ1) is 20.1. The van der Waals surface area contributed by atoms with Crippen molar-refractivity contribution in [1.82, 2.24) is 14.5 Å². The van der Waals surface area contributed by atoms with Gasteiger partial charge >= 0.3 is 0 Å². The fourth-order valence-corrected chi connectivity index (χ4v) is 5.81. The molecule has 0 fully saturated rings. The first kappa shape index (κ1) is 24.3. The highest BCUT2D eigenvalue weighted by Gasteiger charge is 2.26. The number of fused-ring (bicyclic) bond motifs is 6. The minimum Gasteiger partial charge on any atom is -0.309 e. The van der Waals surface area contributed by atoms with E-state index in [1.165, 1.54) is 38.6 Å². The fourth-order valence-electron chi connectivity index (χ4n) is 5.81. The molecule has 5 heteroatoms. The standard InChI is InChI=1S/C19H15N.C17H8N4/c1-14-10-12-15(13-11-14)20-18-8-4-2-6-16(18)17-7-3-5-9-19(17)20;1-9-5-6-12-15-10(9)3-2-4-11(15)16-17(12)21-14(8-19)13(7-18)20-16/h2-13H,1H3;2-6H,1H3. The number of aryl methyl sites for hydroxylation is 2. The van der Waals surface area contributed by atoms with Crippen molar-refractivity contribution in [1.29, 1.82) is 10.5 Å². The molecule has 7 aromatic rings. The Kier molecular flexibility index (Phi) is 5.59. The maximum atomic E-state index is 9.13. The van der Waals surface area contributed by atoms with Crippen molar-refractivity contribution in [2.24, 2.45) is 0 Å². The van der Waals surface area contributed by atoms with Crippen LogP contribution in [0.4, 0.5) is 0 Å². The van der Waals surface area contributed by atoms with Crippen LogP contribution in [0.25, 0.3) is 60.8 Å². The van der Waals surface area contributed by atoms with Gasteiger partial charge in [0.25, 0.3) is 0 Å². The van der Waals surface area contributed by atoms with Gasteiger partial charge in [-0.05, 0) is 49.1 Å². The molecule has 0 saturated heterocycles. The predicted molar refractivity (Wildman–Crippen MR) is 164 cm³/mol. The van der Waals surface area contributed by atoms with Crippen LogP contribution in [0.3, 0.4) is 0 Å². The third-order valence-electron chi connectivity index (χ3n) is 7.75. The molecule has 8 rings (SSSR count). The van der Waals surface area contributed by atoms with Crippen LogP contribution in [0.2, 0.25) is 0 Å². The molecule has 0 unspecified atom stereocenters. The Morgan fingerprint density at radius 2 is 1.10 bits per heavy atom. The van der Waals surface area contributed by atoms with E-state index in [9.17, 15) is 0 Å². The molecule has 192 valence electrons. The van der Waals surface area contributed by atoms with Crippen LogP contribution in [-0.4, -0.2) is 14.5 Å². The first-order valence-corrected chi connectivity index (χ1v) is 13.4. The molecule has 0 atom stereocenters. The van der Waals surface area contributed by atoms with Crippen molar-refractivity contribution in [2.45, 2.75) is 13.8 Å². The first-order valence-electron chi connectivity index (χ1n) is 13.4. The van der Waals surface area contributed by atoms with E-state index in [0.29, 0.717) is 11.4 Å². The molecule has 0 saturated carbocycles. The number of hydrogen-bond acceptors (Lipinski definition) is 4. The molecule has 5 aromatic carbocycles. The number of benzene rings is 5. The molecule has 2 aromatic heterocycles. The average molecular weight is 526 g/mol. The Balaban J connectivity index is 0.000000135. The smallest absolute Gasteiger partial charge is 0.177 e. The van der Waals surface area contributed by atoms with Crippen molar-refractivity contribution < 1.29 is 0 Å². The van der Waals surface area contributed by atoms with Gasteiger partial charge in [-0.2, -0.15) is 10.5 Å². The molecule has 2 heterocycles. The monoisotopic (exact) mass is 525 g/mol. The summed E-state index contributed by atoms with van der Waals surface area (Å²) >= 11 is 0. The van der Waals surface area contributed by atoms with E-state index in [1.54, 1.807) is 0 Å². The molecule has 41 heavy (non-hydrogen) atoms. The average Bonchev–Trinajstić information content (AvgIpc) is 3.52. The van der Waals surface area contributed by atoms with Gasteiger partial charge in [-0.25, -0.2) is 9.97 Å². The third-order valence-corrected chi connectivity index (χ3v) is 7.75. The lowest BCUT2D eigenvalue weighted by atomic mass is 10.0. The molecule has 5 nitrogen and oxygen atoms in total. The molecular weight excluding hydrogens is 502 g/mol. The largest absolute Gasteiger partial charge is 0.309 e. The molecule has 0 aliphatic heterocycles. The van der Waals surface area contributed by atoms with Crippen LogP contribution in [0.1, 0.15) is 22.5 Å². The summed E-state index contributed by atoms with van der Waals surface area (Å²) in [6.07, 6.45) is 0. The Morgan fingerprint density at radius 1 is 0.561 bits per heavy atom. The third kappa shape index (κ3) is 3.76. The van der Waals surface area contributed by atoms with E-state index in [0.717, 1.165) is 21.9 Å². The fraction of sp³-hybridized carbons (Fsp3) is 0.0556. The predicted octanol–water partition coefficient (Wildman–Crippen LogP) is 8.42. The molecule has 0 amide bonds. The zero-order valence-electron chi connectivity index (χ0n) is 22.6. The zero-order valence-corrected chi connectivity index (χ0v) is 22.6. The van der Waals surface area contributed by atoms with Gasteiger partial charge in [-0.3, -0.25) is 0 Å². The molecule has 0 N–H and O–H groups in total. The lowest BCUT2D eigenvalue weighted by Crippen LogP contribution is -1.97. The summed E-state index contributed by atoms with van der Waals surface area (Å²) in [5, 5.41) is 23.1. The van der Waals surface area contributed by atoms with Gasteiger partial charge < -0.3 is 4.57 Å². The Hall–Kier alpha value is -5.78. The summed E-state index contributed by atoms with van der Waals surface area (Å²) in [5.41, 5.74) is 9.72. The van der Waals surface area contributed by atoms with Crippen molar-refractivity contribution in [3.63, 3.8) is 0 Å². The number of aromatic nitrogens is 3. The van der Waals surface area contributed by atoms with Gasteiger partial charge in [-0.1, -0.05) is 84.4 Å². The van der Waals surface area contributed by atoms with Crippen LogP contribution in [0, 0.1) is 36.5 Å². The highest BCUT2D eigenvalue weighted by atomic mass is 15.0. The Labute approximate surface area is 237 Å². The maximum Gasteiger partial charge on any atom is 0.177 e. The van der Waals surface area contributed by atoms with Crippen LogP contribution in [0.5, 0.6) is 0 Å². The minimum atomic E-state index is 0.0813. The quantitative estimate of drug-likeness (QED) is 0.215. The second-order valence-electron chi connectivity index (χ2n) is 10.2. The van der Waals surface area contributed by atoms with E-state index in [1.807, 2.05) is 36.4 Å². The van der Waals surface area contributed by atoms with E-state index in [-0.39, 0.29) is 11.4 Å². The maximum absolute atomic E-state index is 9.13. The molecule has 1 aliphatic carbocycles. The second kappa shape index (κ2) is 9.45. The number of hydrogen-bond donors (Lipinski definition) is 0. The van der Waals surface area contributed by atoms with Crippen LogP contribution in [-0.2, 0) is 0 Å². The van der Waals surface area contributed by atoms with Crippen molar-refractivity contribution in [3.05, 3.63) is 126 Å². The highest BCUT2D eigenvalue weighted by molar-refractivity contribution is 6.14. The normalized spacial score (nSPS) is 11.1. The van der Waals surface area contributed by atoms with E-state index in [4.69, 9.17) is 10.5 Å². The van der Waals surface area contributed by atoms with Gasteiger partial charge in [0.05, 0.1) is 22.4 Å².